The van der Waals surface area contributed by atoms with Gasteiger partial charge >= 0.3 is 0 Å². The van der Waals surface area contributed by atoms with Crippen LogP contribution in [0, 0.1) is 6.92 Å². The number of aryl methyl sites for hydroxylation is 1. The summed E-state index contributed by atoms with van der Waals surface area (Å²) in [5, 5.41) is 1.13. The third-order valence-electron chi connectivity index (χ3n) is 2.83. The average molecular weight is 326 g/mol. The normalized spacial score (nSPS) is 12.7. The molecule has 4 heteroatoms. The van der Waals surface area contributed by atoms with Gasteiger partial charge in [-0.25, -0.2) is 4.98 Å². The van der Waals surface area contributed by atoms with Crippen molar-refractivity contribution in [1.82, 2.24) is 4.98 Å². The van der Waals surface area contributed by atoms with Crippen molar-refractivity contribution in [3.63, 3.8) is 0 Å². The van der Waals surface area contributed by atoms with Gasteiger partial charge in [-0.15, -0.1) is 11.3 Å². The van der Waals surface area contributed by atoms with Gasteiger partial charge in [0.25, 0.3) is 0 Å². The molecule has 0 saturated carbocycles. The van der Waals surface area contributed by atoms with Crippen molar-refractivity contribution < 1.29 is 4.74 Å². The first-order valence-corrected chi connectivity index (χ1v) is 7.46. The Morgan fingerprint density at radius 1 is 1.39 bits per heavy atom. The largest absolute Gasteiger partial charge is 0.381 e. The van der Waals surface area contributed by atoms with Crippen molar-refractivity contribution in [3.8, 4) is 11.3 Å². The van der Waals surface area contributed by atoms with Crippen LogP contribution in [0.15, 0.2) is 28.7 Å². The Morgan fingerprint density at radius 3 is 2.78 bits per heavy atom. The monoisotopic (exact) mass is 325 g/mol. The Kier molecular flexibility index (Phi) is 4.54. The van der Waals surface area contributed by atoms with Gasteiger partial charge in [-0.1, -0.05) is 34.1 Å². The van der Waals surface area contributed by atoms with Gasteiger partial charge in [0, 0.05) is 28.4 Å². The molecule has 2 aromatic rings. The van der Waals surface area contributed by atoms with E-state index in [2.05, 4.69) is 35.8 Å². The van der Waals surface area contributed by atoms with Gasteiger partial charge in [-0.3, -0.25) is 0 Å². The summed E-state index contributed by atoms with van der Waals surface area (Å²) in [5.74, 6) is 0. The minimum absolute atomic E-state index is 0.211. The van der Waals surface area contributed by atoms with Gasteiger partial charge < -0.3 is 4.74 Å². The van der Waals surface area contributed by atoms with Crippen LogP contribution in [0.4, 0.5) is 0 Å². The number of ether oxygens (including phenoxy) is 1. The van der Waals surface area contributed by atoms with E-state index in [1.165, 1.54) is 4.88 Å². The lowest BCUT2D eigenvalue weighted by molar-refractivity contribution is 0.119. The molecule has 1 heterocycles. The number of halogens is 1. The van der Waals surface area contributed by atoms with E-state index in [9.17, 15) is 0 Å². The van der Waals surface area contributed by atoms with Crippen LogP contribution in [-0.2, 0) is 11.2 Å². The van der Waals surface area contributed by atoms with Crippen LogP contribution in [0.3, 0.4) is 0 Å². The highest BCUT2D eigenvalue weighted by Crippen LogP contribution is 2.32. The minimum Gasteiger partial charge on any atom is -0.381 e. The zero-order valence-corrected chi connectivity index (χ0v) is 13.1. The molecule has 0 saturated heterocycles. The second kappa shape index (κ2) is 5.95. The number of thiazole rings is 1. The van der Waals surface area contributed by atoms with Crippen LogP contribution in [0.5, 0.6) is 0 Å². The molecular weight excluding hydrogens is 310 g/mol. The van der Waals surface area contributed by atoms with Crippen molar-refractivity contribution in [2.45, 2.75) is 26.4 Å². The van der Waals surface area contributed by atoms with Crippen LogP contribution in [0.25, 0.3) is 11.3 Å². The van der Waals surface area contributed by atoms with E-state index in [0.717, 1.165) is 27.2 Å². The van der Waals surface area contributed by atoms with Crippen molar-refractivity contribution in [2.24, 2.45) is 0 Å². The number of methoxy groups -OCH3 is 1. The predicted octanol–water partition coefficient (Wildman–Crippen LogP) is 4.46. The molecule has 0 aliphatic rings. The highest BCUT2D eigenvalue weighted by atomic mass is 79.9. The van der Waals surface area contributed by atoms with Crippen LogP contribution in [0.1, 0.15) is 16.8 Å². The SMILES string of the molecule is COC(C)Cc1nc(-c2ccccc2Br)c(C)s1. The quantitative estimate of drug-likeness (QED) is 0.828. The topological polar surface area (TPSA) is 22.1 Å². The van der Waals surface area contributed by atoms with E-state index in [1.807, 2.05) is 18.2 Å². The summed E-state index contributed by atoms with van der Waals surface area (Å²) in [7, 11) is 1.74. The third-order valence-corrected chi connectivity index (χ3v) is 4.52. The van der Waals surface area contributed by atoms with Crippen LogP contribution in [0.2, 0.25) is 0 Å². The molecule has 0 radical (unpaired) electrons. The van der Waals surface area contributed by atoms with Gasteiger partial charge in [0.2, 0.25) is 0 Å². The molecule has 2 nitrogen and oxygen atoms in total. The lowest BCUT2D eigenvalue weighted by atomic mass is 10.1. The number of aromatic nitrogens is 1. The molecule has 0 fully saturated rings. The Morgan fingerprint density at radius 2 is 2.11 bits per heavy atom. The second-order valence-electron chi connectivity index (χ2n) is 4.24. The Balaban J connectivity index is 2.33. The molecule has 96 valence electrons. The Labute approximate surface area is 120 Å². The zero-order chi connectivity index (χ0) is 13.1. The van der Waals surface area contributed by atoms with Crippen LogP contribution >= 0.6 is 27.3 Å². The highest BCUT2D eigenvalue weighted by molar-refractivity contribution is 9.10. The van der Waals surface area contributed by atoms with Gasteiger partial charge in [0.15, 0.2) is 0 Å². The molecule has 18 heavy (non-hydrogen) atoms. The molecule has 0 amide bonds. The van der Waals surface area contributed by atoms with Crippen molar-refractivity contribution in [1.29, 1.82) is 0 Å². The first-order valence-electron chi connectivity index (χ1n) is 5.85. The van der Waals surface area contributed by atoms with Gasteiger partial charge in [0.05, 0.1) is 16.8 Å². The predicted molar refractivity (Wildman–Crippen MR) is 80.2 cm³/mol. The fraction of sp³-hybridized carbons (Fsp3) is 0.357. The summed E-state index contributed by atoms with van der Waals surface area (Å²) in [6.07, 6.45) is 1.08. The standard InChI is InChI=1S/C14H16BrNOS/c1-9(17-3)8-13-16-14(10(2)18-13)11-6-4-5-7-12(11)15/h4-7,9H,8H2,1-3H3. The number of benzene rings is 1. The number of hydrogen-bond acceptors (Lipinski definition) is 3. The molecular formula is C14H16BrNOS. The summed E-state index contributed by atoms with van der Waals surface area (Å²) in [6.45, 7) is 4.18. The smallest absolute Gasteiger partial charge is 0.0961 e. The molecule has 0 spiro atoms. The summed E-state index contributed by atoms with van der Waals surface area (Å²) in [6, 6.07) is 8.20. The maximum atomic E-state index is 5.29. The first-order chi connectivity index (χ1) is 8.61. The van der Waals surface area contributed by atoms with Crippen LogP contribution in [-0.4, -0.2) is 18.2 Å². The first kappa shape index (κ1) is 13.7. The fourth-order valence-corrected chi connectivity index (χ4v) is 3.30. The molecule has 0 aliphatic carbocycles. The lowest BCUT2D eigenvalue weighted by Crippen LogP contribution is -2.08. The average Bonchev–Trinajstić information content (AvgIpc) is 2.70. The van der Waals surface area contributed by atoms with Gasteiger partial charge in [0.1, 0.15) is 0 Å². The number of nitrogens with zero attached hydrogens (tertiary/aromatic N) is 1. The molecule has 2 rings (SSSR count). The molecule has 1 aromatic heterocycles. The zero-order valence-electron chi connectivity index (χ0n) is 10.7. The summed E-state index contributed by atoms with van der Waals surface area (Å²) >= 11 is 5.33. The fourth-order valence-electron chi connectivity index (χ4n) is 1.77. The van der Waals surface area contributed by atoms with E-state index < -0.39 is 0 Å². The third kappa shape index (κ3) is 2.99. The molecule has 0 aliphatic heterocycles. The summed E-state index contributed by atoms with van der Waals surface area (Å²) in [5.41, 5.74) is 2.23. The van der Waals surface area contributed by atoms with E-state index in [0.29, 0.717) is 0 Å². The minimum atomic E-state index is 0.211. The van der Waals surface area contributed by atoms with Crippen molar-refractivity contribution in [2.75, 3.05) is 7.11 Å². The highest BCUT2D eigenvalue weighted by Gasteiger charge is 2.13. The Bertz CT molecular complexity index is 538. The molecule has 0 N–H and O–H groups in total. The molecule has 1 unspecified atom stereocenters. The maximum absolute atomic E-state index is 5.29. The van der Waals surface area contributed by atoms with Crippen molar-refractivity contribution >= 4 is 27.3 Å². The van der Waals surface area contributed by atoms with E-state index in [-0.39, 0.29) is 6.10 Å². The van der Waals surface area contributed by atoms with Gasteiger partial charge in [-0.2, -0.15) is 0 Å². The molecule has 0 bridgehead atoms. The summed E-state index contributed by atoms with van der Waals surface area (Å²) in [4.78, 5) is 5.99. The maximum Gasteiger partial charge on any atom is 0.0961 e. The second-order valence-corrected chi connectivity index (χ2v) is 6.38. The summed E-state index contributed by atoms with van der Waals surface area (Å²) < 4.78 is 6.38. The number of rotatable bonds is 4. The van der Waals surface area contributed by atoms with E-state index in [1.54, 1.807) is 18.4 Å². The van der Waals surface area contributed by atoms with Gasteiger partial charge in [-0.05, 0) is 19.9 Å². The molecule has 1 aromatic carbocycles. The Hall–Kier alpha value is -0.710. The molecule has 1 atom stereocenters. The van der Waals surface area contributed by atoms with Crippen molar-refractivity contribution in [3.05, 3.63) is 38.6 Å². The number of hydrogen-bond donors (Lipinski definition) is 0. The lowest BCUT2D eigenvalue weighted by Gasteiger charge is -2.05. The van der Waals surface area contributed by atoms with E-state index >= 15 is 0 Å². The van der Waals surface area contributed by atoms with Crippen LogP contribution < -0.4 is 0 Å². The van der Waals surface area contributed by atoms with E-state index in [4.69, 9.17) is 9.72 Å².